The Bertz CT molecular complexity index is 662. The summed E-state index contributed by atoms with van der Waals surface area (Å²) in [5.41, 5.74) is -1.15. The van der Waals surface area contributed by atoms with Gasteiger partial charge in [0.1, 0.15) is 11.6 Å². The van der Waals surface area contributed by atoms with Gasteiger partial charge in [0, 0.05) is 6.07 Å². The number of hydrogen-bond acceptors (Lipinski definition) is 1. The van der Waals surface area contributed by atoms with Gasteiger partial charge in [-0.25, -0.2) is 17.6 Å². The molecule has 8 heteroatoms. The van der Waals surface area contributed by atoms with Gasteiger partial charge in [-0.05, 0) is 17.7 Å². The fourth-order valence-corrected chi connectivity index (χ4v) is 1.65. The highest BCUT2D eigenvalue weighted by Crippen LogP contribution is 2.31. The van der Waals surface area contributed by atoms with Crippen LogP contribution in [0.15, 0.2) is 30.3 Å². The molecule has 0 saturated heterocycles. The summed E-state index contributed by atoms with van der Waals surface area (Å²) in [4.78, 5) is 0. The summed E-state index contributed by atoms with van der Waals surface area (Å²) < 4.78 is 92.3. The molecule has 0 amide bonds. The summed E-state index contributed by atoms with van der Waals surface area (Å²) in [5.74, 6) is -7.34. The molecule has 0 atom stereocenters. The van der Waals surface area contributed by atoms with E-state index in [4.69, 9.17) is 0 Å². The van der Waals surface area contributed by atoms with Crippen molar-refractivity contribution in [1.29, 1.82) is 0 Å². The van der Waals surface area contributed by atoms with Crippen LogP contribution in [0, 0.1) is 23.3 Å². The second kappa shape index (κ2) is 5.27. The van der Waals surface area contributed by atoms with Gasteiger partial charge in [0.05, 0.1) is 5.56 Å². The van der Waals surface area contributed by atoms with Crippen LogP contribution >= 0.6 is 0 Å². The second-order valence-corrected chi connectivity index (χ2v) is 3.92. The Kier molecular flexibility index (Phi) is 3.80. The van der Waals surface area contributed by atoms with Gasteiger partial charge < -0.3 is 4.74 Å². The number of rotatable bonds is 2. The van der Waals surface area contributed by atoms with Crippen LogP contribution in [0.2, 0.25) is 0 Å². The summed E-state index contributed by atoms with van der Waals surface area (Å²) in [5, 5.41) is 0. The third-order valence-corrected chi connectivity index (χ3v) is 2.49. The predicted octanol–water partition coefficient (Wildman–Crippen LogP) is 4.81. The molecule has 1 nitrogen and oxygen atoms in total. The van der Waals surface area contributed by atoms with E-state index in [1.165, 1.54) is 0 Å². The van der Waals surface area contributed by atoms with Gasteiger partial charge in [0.2, 0.25) is 0 Å². The smallest absolute Gasteiger partial charge is 0.406 e. The lowest BCUT2D eigenvalue weighted by Crippen LogP contribution is -2.16. The van der Waals surface area contributed by atoms with Gasteiger partial charge in [-0.3, -0.25) is 0 Å². The summed E-state index contributed by atoms with van der Waals surface area (Å²) in [6.45, 7) is 0. The molecule has 21 heavy (non-hydrogen) atoms. The lowest BCUT2D eigenvalue weighted by Gasteiger charge is -2.10. The molecule has 0 aliphatic carbocycles. The first-order valence-corrected chi connectivity index (χ1v) is 5.38. The third-order valence-electron chi connectivity index (χ3n) is 2.49. The van der Waals surface area contributed by atoms with Gasteiger partial charge in [0.15, 0.2) is 17.5 Å². The molecule has 0 radical (unpaired) electrons. The highest BCUT2D eigenvalue weighted by molar-refractivity contribution is 5.65. The minimum absolute atomic E-state index is 0.147. The van der Waals surface area contributed by atoms with Crippen molar-refractivity contribution in [3.8, 4) is 16.9 Å². The standard InChI is InChI=1S/C13H5F7O/c14-8-5-9(15)11(16)12(17)10(8)6-1-3-7(4-2-6)21-13(18,19)20/h1-5H. The van der Waals surface area contributed by atoms with Crippen LogP contribution < -0.4 is 4.74 Å². The van der Waals surface area contributed by atoms with Crippen LogP contribution in [0.25, 0.3) is 11.1 Å². The van der Waals surface area contributed by atoms with E-state index in [1.54, 1.807) is 0 Å². The highest BCUT2D eigenvalue weighted by Gasteiger charge is 2.31. The van der Waals surface area contributed by atoms with Crippen LogP contribution in [0.5, 0.6) is 5.75 Å². The molecule has 0 aliphatic heterocycles. The number of ether oxygens (including phenoxy) is 1. The summed E-state index contributed by atoms with van der Waals surface area (Å²) in [6.07, 6.45) is -4.92. The van der Waals surface area contributed by atoms with E-state index in [0.29, 0.717) is 0 Å². The van der Waals surface area contributed by atoms with Crippen LogP contribution in [-0.4, -0.2) is 6.36 Å². The monoisotopic (exact) mass is 310 g/mol. The Morgan fingerprint density at radius 1 is 0.762 bits per heavy atom. The molecule has 2 aromatic carbocycles. The number of hydrogen-bond donors (Lipinski definition) is 0. The molecule has 0 heterocycles. The Balaban J connectivity index is 2.42. The molecule has 2 rings (SSSR count). The third kappa shape index (κ3) is 3.26. The van der Waals surface area contributed by atoms with Crippen LogP contribution in [0.1, 0.15) is 0 Å². The molecule has 112 valence electrons. The van der Waals surface area contributed by atoms with Crippen molar-refractivity contribution < 1.29 is 35.5 Å². The largest absolute Gasteiger partial charge is 0.573 e. The van der Waals surface area contributed by atoms with Crippen molar-refractivity contribution in [2.24, 2.45) is 0 Å². The van der Waals surface area contributed by atoms with Crippen LogP contribution in [-0.2, 0) is 0 Å². The van der Waals surface area contributed by atoms with E-state index in [2.05, 4.69) is 4.74 Å². The van der Waals surface area contributed by atoms with E-state index in [9.17, 15) is 30.7 Å². The molecule has 0 aliphatic rings. The van der Waals surface area contributed by atoms with Crippen LogP contribution in [0.3, 0.4) is 0 Å². The first-order valence-electron chi connectivity index (χ1n) is 5.38. The van der Waals surface area contributed by atoms with Crippen molar-refractivity contribution in [3.05, 3.63) is 53.6 Å². The zero-order valence-corrected chi connectivity index (χ0v) is 9.94. The molecule has 0 saturated carbocycles. The average Bonchev–Trinajstić information content (AvgIpc) is 2.36. The molecule has 0 bridgehead atoms. The van der Waals surface area contributed by atoms with Crippen LogP contribution in [0.4, 0.5) is 30.7 Å². The van der Waals surface area contributed by atoms with Crippen molar-refractivity contribution in [2.45, 2.75) is 6.36 Å². The van der Waals surface area contributed by atoms with Crippen molar-refractivity contribution >= 4 is 0 Å². The maximum Gasteiger partial charge on any atom is 0.573 e. The highest BCUT2D eigenvalue weighted by atomic mass is 19.4. The lowest BCUT2D eigenvalue weighted by atomic mass is 10.0. The predicted molar refractivity (Wildman–Crippen MR) is 58.4 cm³/mol. The van der Waals surface area contributed by atoms with Crippen molar-refractivity contribution in [3.63, 3.8) is 0 Å². The molecule has 2 aromatic rings. The Morgan fingerprint density at radius 2 is 1.33 bits per heavy atom. The van der Waals surface area contributed by atoms with Crippen molar-refractivity contribution in [1.82, 2.24) is 0 Å². The van der Waals surface area contributed by atoms with E-state index in [1.807, 2.05) is 0 Å². The maximum absolute atomic E-state index is 13.5. The SMILES string of the molecule is Fc1cc(F)c(-c2ccc(OC(F)(F)F)cc2)c(F)c1F. The quantitative estimate of drug-likeness (QED) is 0.439. The van der Waals surface area contributed by atoms with Gasteiger partial charge in [-0.1, -0.05) is 12.1 Å². The zero-order valence-electron chi connectivity index (χ0n) is 9.94. The number of alkyl halides is 3. The van der Waals surface area contributed by atoms with Gasteiger partial charge >= 0.3 is 6.36 Å². The topological polar surface area (TPSA) is 9.23 Å². The van der Waals surface area contributed by atoms with Gasteiger partial charge in [0.25, 0.3) is 0 Å². The Morgan fingerprint density at radius 3 is 1.86 bits per heavy atom. The molecular weight excluding hydrogens is 305 g/mol. The first-order chi connectivity index (χ1) is 9.69. The fourth-order valence-electron chi connectivity index (χ4n) is 1.65. The molecule has 0 aromatic heterocycles. The number of halogens is 7. The summed E-state index contributed by atoms with van der Waals surface area (Å²) >= 11 is 0. The normalized spacial score (nSPS) is 11.6. The molecule has 0 N–H and O–H groups in total. The molecule has 0 unspecified atom stereocenters. The zero-order chi connectivity index (χ0) is 15.8. The van der Waals surface area contributed by atoms with Crippen molar-refractivity contribution in [2.75, 3.05) is 0 Å². The molecule has 0 fully saturated rings. The summed E-state index contributed by atoms with van der Waals surface area (Å²) in [7, 11) is 0. The van der Waals surface area contributed by atoms with Gasteiger partial charge in [-0.15, -0.1) is 13.2 Å². The molecule has 0 spiro atoms. The maximum atomic E-state index is 13.5. The van der Waals surface area contributed by atoms with E-state index >= 15 is 0 Å². The fraction of sp³-hybridized carbons (Fsp3) is 0.0769. The first kappa shape index (κ1) is 15.1. The van der Waals surface area contributed by atoms with Gasteiger partial charge in [-0.2, -0.15) is 0 Å². The van der Waals surface area contributed by atoms with E-state index < -0.39 is 40.9 Å². The summed E-state index contributed by atoms with van der Waals surface area (Å²) in [6, 6.07) is 3.51. The average molecular weight is 310 g/mol. The van der Waals surface area contributed by atoms with E-state index in [-0.39, 0.29) is 11.6 Å². The number of benzene rings is 2. The second-order valence-electron chi connectivity index (χ2n) is 3.92. The Hall–Kier alpha value is -2.25. The lowest BCUT2D eigenvalue weighted by molar-refractivity contribution is -0.274. The minimum Gasteiger partial charge on any atom is -0.406 e. The molecular formula is C13H5F7O. The minimum atomic E-state index is -4.92. The van der Waals surface area contributed by atoms with E-state index in [0.717, 1.165) is 24.3 Å². The Labute approximate surface area is 113 Å².